The van der Waals surface area contributed by atoms with Crippen molar-refractivity contribution in [2.75, 3.05) is 13.1 Å². The highest BCUT2D eigenvalue weighted by molar-refractivity contribution is 5.82. The van der Waals surface area contributed by atoms with Crippen LogP contribution in [0.2, 0.25) is 0 Å². The maximum Gasteiger partial charge on any atom is 0.131 e. The molecule has 3 nitrogen and oxygen atoms in total. The lowest BCUT2D eigenvalue weighted by Gasteiger charge is -2.58. The van der Waals surface area contributed by atoms with Crippen LogP contribution in [0.1, 0.15) is 30.1 Å². The van der Waals surface area contributed by atoms with E-state index in [1.54, 1.807) is 0 Å². The van der Waals surface area contributed by atoms with Crippen molar-refractivity contribution < 1.29 is 26.6 Å². The molecule has 5 aromatic rings. The van der Waals surface area contributed by atoms with Gasteiger partial charge in [0.05, 0.1) is 18.6 Å². The van der Waals surface area contributed by atoms with Gasteiger partial charge in [0.25, 0.3) is 0 Å². The predicted molar refractivity (Wildman–Crippen MR) is 168 cm³/mol. The van der Waals surface area contributed by atoms with E-state index in [9.17, 15) is 5.11 Å². The number of halogens is 1. The average molecular weight is 618 g/mol. The van der Waals surface area contributed by atoms with Crippen LogP contribution in [0.4, 0.5) is 0 Å². The molecule has 0 amide bonds. The van der Waals surface area contributed by atoms with E-state index in [1.807, 2.05) is 30.5 Å². The first-order valence-electron chi connectivity index (χ1n) is 14.9. The quantitative estimate of drug-likeness (QED) is 0.201. The number of fused-ring (bicyclic) bond motifs is 4. The molecule has 0 radical (unpaired) electrons. The Bertz CT molecular complexity index is 1630. The summed E-state index contributed by atoms with van der Waals surface area (Å²) in [5.41, 5.74) is 8.21. The number of para-hydroxylation sites is 1. The second kappa shape index (κ2) is 12.0. The number of hydrogen-bond donors (Lipinski definition) is 1. The van der Waals surface area contributed by atoms with E-state index in [-0.39, 0.29) is 23.0 Å². The number of nitrogens with zero attached hydrogens (tertiary/aromatic N) is 2. The molecule has 5 atom stereocenters. The molecular formula is C38H37BrN2O. The van der Waals surface area contributed by atoms with Crippen LogP contribution in [-0.4, -0.2) is 33.7 Å². The highest BCUT2D eigenvalue weighted by Crippen LogP contribution is 2.48. The third-order valence-electron chi connectivity index (χ3n) is 9.75. The Balaban J connectivity index is 0.00000316. The lowest BCUT2D eigenvalue weighted by atomic mass is 9.71. The molecule has 42 heavy (non-hydrogen) atoms. The summed E-state index contributed by atoms with van der Waals surface area (Å²) in [6.45, 7) is 7.23. The number of aliphatic hydroxyl groups excluding tert-OH is 1. The number of hydrogen-bond acceptors (Lipinski definition) is 2. The highest BCUT2D eigenvalue weighted by atomic mass is 79.9. The summed E-state index contributed by atoms with van der Waals surface area (Å²) in [5.74, 6) is 1.06. The number of rotatable bonds is 7. The molecular weight excluding hydrogens is 580 g/mol. The zero-order valence-corrected chi connectivity index (χ0v) is 25.4. The monoisotopic (exact) mass is 616 g/mol. The van der Waals surface area contributed by atoms with Crippen molar-refractivity contribution in [1.82, 2.24) is 4.98 Å². The molecule has 0 saturated carbocycles. The van der Waals surface area contributed by atoms with Crippen LogP contribution in [0.15, 0.2) is 128 Å². The summed E-state index contributed by atoms with van der Waals surface area (Å²) < 4.78 is 0.886. The lowest BCUT2D eigenvalue weighted by Crippen LogP contribution is -3.00. The standard InChI is InChI=1S/C38H37N2O.BrH/c1-2-28-26-40(20-18-31(28)24-37(40)38(41)35-17-19-39-36-16-10-9-15-34(35)36)25-27-21-32(29-11-5-3-6-12-29)23-33(22-27)30-13-7-4-8-14-30;/h2-17,19,21-23,28,31,37-38,41H,1,18,20,24-26H2;1H/q+1;/p-1/t28-,31-,37+,38-,40+;/m0./s1. The Morgan fingerprint density at radius 2 is 1.48 bits per heavy atom. The van der Waals surface area contributed by atoms with Gasteiger partial charge in [-0.2, -0.15) is 0 Å². The Kier molecular flexibility index (Phi) is 8.13. The zero-order chi connectivity index (χ0) is 27.8. The highest BCUT2D eigenvalue weighted by Gasteiger charge is 2.54. The maximum absolute atomic E-state index is 12.2. The molecule has 4 heteroatoms. The largest absolute Gasteiger partial charge is 1.00 e. The fraction of sp³-hybridized carbons (Fsp3) is 0.237. The topological polar surface area (TPSA) is 33.1 Å². The molecule has 212 valence electrons. The van der Waals surface area contributed by atoms with Crippen molar-refractivity contribution >= 4 is 10.9 Å². The SMILES string of the molecule is C=C[C@H]1C[N@+]2(Cc3cc(-c4ccccc4)cc(-c4ccccc4)c3)CC[C@H]1C[C@@H]2[C@@H](O)c1ccnc2ccccc12.[Br-]. The number of pyridine rings is 1. The van der Waals surface area contributed by atoms with Gasteiger partial charge in [-0.3, -0.25) is 4.98 Å². The van der Waals surface area contributed by atoms with Gasteiger partial charge < -0.3 is 26.6 Å². The second-order valence-electron chi connectivity index (χ2n) is 12.0. The Labute approximate surface area is 259 Å². The summed E-state index contributed by atoms with van der Waals surface area (Å²) >= 11 is 0. The van der Waals surface area contributed by atoms with E-state index in [0.29, 0.717) is 11.8 Å². The van der Waals surface area contributed by atoms with Crippen molar-refractivity contribution in [3.05, 3.63) is 139 Å². The van der Waals surface area contributed by atoms with Gasteiger partial charge in [0.1, 0.15) is 18.7 Å². The first-order chi connectivity index (χ1) is 20.1. The van der Waals surface area contributed by atoms with E-state index in [1.165, 1.54) is 34.2 Å². The van der Waals surface area contributed by atoms with E-state index in [0.717, 1.165) is 47.0 Å². The zero-order valence-electron chi connectivity index (χ0n) is 23.8. The van der Waals surface area contributed by atoms with Crippen LogP contribution in [0.5, 0.6) is 0 Å². The number of benzene rings is 4. The third-order valence-corrected chi connectivity index (χ3v) is 9.75. The molecule has 4 aromatic carbocycles. The predicted octanol–water partition coefficient (Wildman–Crippen LogP) is 5.22. The summed E-state index contributed by atoms with van der Waals surface area (Å²) in [6.07, 6.45) is 5.67. The van der Waals surface area contributed by atoms with Crippen molar-refractivity contribution in [3.63, 3.8) is 0 Å². The lowest BCUT2D eigenvalue weighted by molar-refractivity contribution is -0.984. The molecule has 3 aliphatic heterocycles. The smallest absolute Gasteiger partial charge is 0.131 e. The number of aromatic nitrogens is 1. The minimum atomic E-state index is -0.553. The fourth-order valence-corrected chi connectivity index (χ4v) is 7.71. The van der Waals surface area contributed by atoms with Gasteiger partial charge in [0.2, 0.25) is 0 Å². The van der Waals surface area contributed by atoms with Gasteiger partial charge in [-0.15, -0.1) is 6.58 Å². The number of piperidine rings is 3. The Morgan fingerprint density at radius 3 is 2.14 bits per heavy atom. The molecule has 3 fully saturated rings. The third kappa shape index (κ3) is 5.24. The molecule has 3 saturated heterocycles. The maximum atomic E-state index is 12.2. The molecule has 3 aliphatic rings. The summed E-state index contributed by atoms with van der Waals surface area (Å²) in [5, 5.41) is 13.2. The molecule has 1 aromatic heterocycles. The van der Waals surface area contributed by atoms with Gasteiger partial charge in [0, 0.05) is 35.9 Å². The van der Waals surface area contributed by atoms with E-state index >= 15 is 0 Å². The number of quaternary nitrogens is 1. The van der Waals surface area contributed by atoms with Crippen LogP contribution in [0.25, 0.3) is 33.2 Å². The molecule has 8 rings (SSSR count). The summed E-state index contributed by atoms with van der Waals surface area (Å²) in [4.78, 5) is 4.58. The number of aliphatic hydroxyl groups is 1. The van der Waals surface area contributed by atoms with Gasteiger partial charge in [0.15, 0.2) is 0 Å². The Morgan fingerprint density at radius 1 is 0.833 bits per heavy atom. The van der Waals surface area contributed by atoms with Crippen LogP contribution in [-0.2, 0) is 6.54 Å². The minimum absolute atomic E-state index is 0. The average Bonchev–Trinajstić information content (AvgIpc) is 3.04. The van der Waals surface area contributed by atoms with Crippen LogP contribution in [0.3, 0.4) is 0 Å². The van der Waals surface area contributed by atoms with Crippen molar-refractivity contribution in [2.24, 2.45) is 11.8 Å². The van der Waals surface area contributed by atoms with E-state index in [4.69, 9.17) is 0 Å². The molecule has 4 heterocycles. The van der Waals surface area contributed by atoms with E-state index < -0.39 is 6.10 Å². The van der Waals surface area contributed by atoms with Gasteiger partial charge >= 0.3 is 0 Å². The van der Waals surface area contributed by atoms with Gasteiger partial charge in [-0.1, -0.05) is 84.9 Å². The normalized spacial score (nSPS) is 23.7. The minimum Gasteiger partial charge on any atom is -1.00 e. The van der Waals surface area contributed by atoms with E-state index in [2.05, 4.69) is 103 Å². The summed E-state index contributed by atoms with van der Waals surface area (Å²) in [6, 6.07) is 38.8. The van der Waals surface area contributed by atoms with Crippen LogP contribution >= 0.6 is 0 Å². The molecule has 0 aliphatic carbocycles. The van der Waals surface area contributed by atoms with Crippen molar-refractivity contribution in [1.29, 1.82) is 0 Å². The fourth-order valence-electron chi connectivity index (χ4n) is 7.71. The summed E-state index contributed by atoms with van der Waals surface area (Å²) in [7, 11) is 0. The Hall–Kier alpha value is -3.57. The van der Waals surface area contributed by atoms with Crippen LogP contribution < -0.4 is 17.0 Å². The van der Waals surface area contributed by atoms with Gasteiger partial charge in [-0.05, 0) is 64.1 Å². The van der Waals surface area contributed by atoms with Crippen LogP contribution in [0, 0.1) is 11.8 Å². The first-order valence-corrected chi connectivity index (χ1v) is 14.9. The molecule has 0 unspecified atom stereocenters. The molecule has 2 bridgehead atoms. The van der Waals surface area contributed by atoms with Gasteiger partial charge in [-0.25, -0.2) is 0 Å². The molecule has 1 N–H and O–H groups in total. The molecule has 0 spiro atoms. The second-order valence-corrected chi connectivity index (χ2v) is 12.0. The first kappa shape index (κ1) is 28.5. The van der Waals surface area contributed by atoms with Crippen molar-refractivity contribution in [3.8, 4) is 22.3 Å². The van der Waals surface area contributed by atoms with Crippen molar-refractivity contribution in [2.45, 2.75) is 31.5 Å².